The number of carboxylic acid groups (broad SMARTS) is 1. The number of carbonyl (C=O) groups excluding carboxylic acids is 1. The van der Waals surface area contributed by atoms with Gasteiger partial charge in [0, 0.05) is 24.2 Å². The van der Waals surface area contributed by atoms with E-state index in [2.05, 4.69) is 0 Å². The Morgan fingerprint density at radius 1 is 1.40 bits per heavy atom. The average molecular weight is 273 g/mol. The molecular formula is C16H19NO3. The van der Waals surface area contributed by atoms with Crippen LogP contribution in [0.2, 0.25) is 0 Å². The Bertz CT molecular complexity index is 548. The molecular weight excluding hydrogens is 254 g/mol. The lowest BCUT2D eigenvalue weighted by atomic mass is 10.0. The van der Waals surface area contributed by atoms with Crippen molar-refractivity contribution >= 4 is 11.9 Å². The van der Waals surface area contributed by atoms with E-state index in [1.807, 2.05) is 24.3 Å². The maximum atomic E-state index is 12.5. The number of benzene rings is 1. The molecule has 1 heterocycles. The number of nitrogens with zero attached hydrogens (tertiary/aromatic N) is 1. The third-order valence-corrected chi connectivity index (χ3v) is 3.62. The van der Waals surface area contributed by atoms with E-state index in [-0.39, 0.29) is 5.91 Å². The molecule has 106 valence electrons. The van der Waals surface area contributed by atoms with E-state index in [0.29, 0.717) is 25.1 Å². The maximum Gasteiger partial charge on any atom is 0.331 e. The highest BCUT2D eigenvalue weighted by molar-refractivity contribution is 5.96. The summed E-state index contributed by atoms with van der Waals surface area (Å²) in [6.07, 6.45) is 3.91. The zero-order chi connectivity index (χ0) is 14.5. The SMILES string of the molecule is CC/C(=C/CN1CCCc2ccccc2C1=O)C(=O)O. The first-order valence-electron chi connectivity index (χ1n) is 6.93. The average Bonchev–Trinajstić information content (AvgIpc) is 2.60. The lowest BCUT2D eigenvalue weighted by Gasteiger charge is -2.19. The molecule has 0 aliphatic carbocycles. The van der Waals surface area contributed by atoms with Gasteiger partial charge >= 0.3 is 5.97 Å². The number of hydrogen-bond donors (Lipinski definition) is 1. The third kappa shape index (κ3) is 3.07. The quantitative estimate of drug-likeness (QED) is 0.857. The van der Waals surface area contributed by atoms with Gasteiger partial charge in [0.15, 0.2) is 0 Å². The molecule has 4 heteroatoms. The standard InChI is InChI=1S/C16H19NO3/c1-2-12(16(19)20)9-11-17-10-5-7-13-6-3-4-8-14(13)15(17)18/h3-4,6,8-9H,2,5,7,10-11H2,1H3,(H,19,20)/b12-9-. The van der Waals surface area contributed by atoms with E-state index < -0.39 is 5.97 Å². The summed E-state index contributed by atoms with van der Waals surface area (Å²) in [5.41, 5.74) is 2.18. The molecule has 1 N–H and O–H groups in total. The molecule has 1 amide bonds. The van der Waals surface area contributed by atoms with Crippen molar-refractivity contribution < 1.29 is 14.7 Å². The molecule has 1 aliphatic heterocycles. The predicted octanol–water partition coefficient (Wildman–Crippen LogP) is 2.50. The first kappa shape index (κ1) is 14.3. The molecule has 0 spiro atoms. The molecule has 20 heavy (non-hydrogen) atoms. The molecule has 1 aromatic rings. The lowest BCUT2D eigenvalue weighted by molar-refractivity contribution is -0.132. The van der Waals surface area contributed by atoms with E-state index >= 15 is 0 Å². The van der Waals surface area contributed by atoms with Crippen LogP contribution in [0.1, 0.15) is 35.7 Å². The van der Waals surface area contributed by atoms with Gasteiger partial charge in [-0.15, -0.1) is 0 Å². The first-order chi connectivity index (χ1) is 9.63. The Hall–Kier alpha value is -2.10. The molecule has 0 atom stereocenters. The number of hydrogen-bond acceptors (Lipinski definition) is 2. The van der Waals surface area contributed by atoms with Crippen LogP contribution in [0.15, 0.2) is 35.9 Å². The molecule has 4 nitrogen and oxygen atoms in total. The highest BCUT2D eigenvalue weighted by atomic mass is 16.4. The van der Waals surface area contributed by atoms with Crippen molar-refractivity contribution in [3.05, 3.63) is 47.0 Å². The fourth-order valence-electron chi connectivity index (χ4n) is 2.46. The highest BCUT2D eigenvalue weighted by Crippen LogP contribution is 2.18. The number of rotatable bonds is 4. The summed E-state index contributed by atoms with van der Waals surface area (Å²) < 4.78 is 0. The number of amides is 1. The van der Waals surface area contributed by atoms with Crippen molar-refractivity contribution in [1.82, 2.24) is 4.90 Å². The topological polar surface area (TPSA) is 57.6 Å². The van der Waals surface area contributed by atoms with E-state index in [0.717, 1.165) is 24.0 Å². The fraction of sp³-hybridized carbons (Fsp3) is 0.375. The number of carboxylic acids is 1. The van der Waals surface area contributed by atoms with E-state index in [1.54, 1.807) is 17.9 Å². The minimum Gasteiger partial charge on any atom is -0.478 e. The van der Waals surface area contributed by atoms with Gasteiger partial charge < -0.3 is 10.0 Å². The molecule has 1 aliphatic rings. The van der Waals surface area contributed by atoms with Crippen LogP contribution in [0.25, 0.3) is 0 Å². The summed E-state index contributed by atoms with van der Waals surface area (Å²) in [4.78, 5) is 25.2. The van der Waals surface area contributed by atoms with Gasteiger partial charge in [0.1, 0.15) is 0 Å². The van der Waals surface area contributed by atoms with E-state index in [4.69, 9.17) is 5.11 Å². The Balaban J connectivity index is 2.18. The van der Waals surface area contributed by atoms with Gasteiger partial charge in [-0.3, -0.25) is 4.79 Å². The van der Waals surface area contributed by atoms with Gasteiger partial charge in [-0.05, 0) is 30.9 Å². The second-order valence-corrected chi connectivity index (χ2v) is 4.90. The number of fused-ring (bicyclic) bond motifs is 1. The van der Waals surface area contributed by atoms with E-state index in [1.165, 1.54) is 0 Å². The van der Waals surface area contributed by atoms with Gasteiger partial charge in [0.05, 0.1) is 0 Å². The minimum atomic E-state index is -0.907. The van der Waals surface area contributed by atoms with Crippen molar-refractivity contribution in [3.8, 4) is 0 Å². The second-order valence-electron chi connectivity index (χ2n) is 4.90. The summed E-state index contributed by atoms with van der Waals surface area (Å²) in [5, 5.41) is 9.01. The van der Waals surface area contributed by atoms with Crippen LogP contribution in [0, 0.1) is 0 Å². The minimum absolute atomic E-state index is 0.00445. The normalized spacial score (nSPS) is 15.8. The number of carbonyl (C=O) groups is 2. The van der Waals surface area contributed by atoms with Gasteiger partial charge in [-0.1, -0.05) is 31.2 Å². The Kier molecular flexibility index (Phi) is 4.56. The van der Waals surface area contributed by atoms with Gasteiger partial charge in [-0.2, -0.15) is 0 Å². The smallest absolute Gasteiger partial charge is 0.331 e. The van der Waals surface area contributed by atoms with Gasteiger partial charge in [0.2, 0.25) is 0 Å². The van der Waals surface area contributed by atoms with Crippen LogP contribution < -0.4 is 0 Å². The predicted molar refractivity (Wildman–Crippen MR) is 76.7 cm³/mol. The Morgan fingerprint density at radius 3 is 2.85 bits per heavy atom. The lowest BCUT2D eigenvalue weighted by Crippen LogP contribution is -2.31. The molecule has 0 saturated carbocycles. The summed E-state index contributed by atoms with van der Waals surface area (Å²) in [5.74, 6) is -0.912. The van der Waals surface area contributed by atoms with Crippen LogP contribution in [-0.2, 0) is 11.2 Å². The van der Waals surface area contributed by atoms with Crippen LogP contribution in [-0.4, -0.2) is 35.0 Å². The van der Waals surface area contributed by atoms with Crippen LogP contribution in [0.4, 0.5) is 0 Å². The van der Waals surface area contributed by atoms with Crippen LogP contribution in [0.5, 0.6) is 0 Å². The summed E-state index contributed by atoms with van der Waals surface area (Å²) >= 11 is 0. The van der Waals surface area contributed by atoms with Crippen LogP contribution in [0.3, 0.4) is 0 Å². The van der Waals surface area contributed by atoms with Crippen molar-refractivity contribution in [2.24, 2.45) is 0 Å². The second kappa shape index (κ2) is 6.37. The molecule has 0 saturated heterocycles. The molecule has 0 unspecified atom stereocenters. The van der Waals surface area contributed by atoms with Crippen molar-refractivity contribution in [3.63, 3.8) is 0 Å². The summed E-state index contributed by atoms with van der Waals surface area (Å²) in [6, 6.07) is 7.64. The number of aryl methyl sites for hydroxylation is 1. The Morgan fingerprint density at radius 2 is 2.15 bits per heavy atom. The molecule has 1 aromatic carbocycles. The zero-order valence-corrected chi connectivity index (χ0v) is 11.6. The largest absolute Gasteiger partial charge is 0.478 e. The highest BCUT2D eigenvalue weighted by Gasteiger charge is 2.21. The van der Waals surface area contributed by atoms with Crippen molar-refractivity contribution in [2.45, 2.75) is 26.2 Å². The molecule has 0 fully saturated rings. The first-order valence-corrected chi connectivity index (χ1v) is 6.93. The maximum absolute atomic E-state index is 12.5. The molecule has 0 bridgehead atoms. The van der Waals surface area contributed by atoms with Gasteiger partial charge in [0.25, 0.3) is 5.91 Å². The Labute approximate surface area is 118 Å². The van der Waals surface area contributed by atoms with Crippen molar-refractivity contribution in [1.29, 1.82) is 0 Å². The number of aliphatic carboxylic acids is 1. The fourth-order valence-corrected chi connectivity index (χ4v) is 2.46. The zero-order valence-electron chi connectivity index (χ0n) is 11.6. The van der Waals surface area contributed by atoms with Crippen molar-refractivity contribution in [2.75, 3.05) is 13.1 Å². The van der Waals surface area contributed by atoms with E-state index in [9.17, 15) is 9.59 Å². The summed E-state index contributed by atoms with van der Waals surface area (Å²) in [7, 11) is 0. The van der Waals surface area contributed by atoms with Gasteiger partial charge in [-0.25, -0.2) is 4.79 Å². The summed E-state index contributed by atoms with van der Waals surface area (Å²) in [6.45, 7) is 2.84. The monoisotopic (exact) mass is 273 g/mol. The van der Waals surface area contributed by atoms with Crippen LogP contribution >= 0.6 is 0 Å². The third-order valence-electron chi connectivity index (χ3n) is 3.62. The molecule has 0 radical (unpaired) electrons. The molecule has 2 rings (SSSR count). The molecule has 0 aromatic heterocycles.